The van der Waals surface area contributed by atoms with Gasteiger partial charge in [0.1, 0.15) is 11.7 Å². The Morgan fingerprint density at radius 1 is 1.00 bits per heavy atom. The molecule has 1 aromatic carbocycles. The fourth-order valence-corrected chi connectivity index (χ4v) is 4.68. The van der Waals surface area contributed by atoms with Crippen molar-refractivity contribution in [3.8, 4) is 0 Å². The van der Waals surface area contributed by atoms with E-state index in [4.69, 9.17) is 4.99 Å². The normalized spacial score (nSPS) is 22.7. The van der Waals surface area contributed by atoms with E-state index >= 15 is 0 Å². The summed E-state index contributed by atoms with van der Waals surface area (Å²) in [5.41, 5.74) is 6.55. The van der Waals surface area contributed by atoms with Crippen LogP contribution in [0.5, 0.6) is 0 Å². The first-order valence-corrected chi connectivity index (χ1v) is 9.98. The van der Waals surface area contributed by atoms with Crippen molar-refractivity contribution >= 4 is 11.5 Å². The van der Waals surface area contributed by atoms with Crippen molar-refractivity contribution in [1.82, 2.24) is 5.32 Å². The van der Waals surface area contributed by atoms with Crippen LogP contribution in [-0.2, 0) is 0 Å². The van der Waals surface area contributed by atoms with Crippen molar-refractivity contribution < 1.29 is 0 Å². The van der Waals surface area contributed by atoms with Crippen LogP contribution in [0.25, 0.3) is 0 Å². The molecule has 2 aliphatic carbocycles. The van der Waals surface area contributed by atoms with E-state index < -0.39 is 0 Å². The van der Waals surface area contributed by atoms with Gasteiger partial charge in [-0.15, -0.1) is 0 Å². The van der Waals surface area contributed by atoms with Gasteiger partial charge in [-0.25, -0.2) is 4.99 Å². The largest absolute Gasteiger partial charge is 0.339 e. The zero-order valence-corrected chi connectivity index (χ0v) is 15.7. The molecule has 1 aromatic rings. The number of nitrogens with one attached hydrogen (secondary N) is 1. The van der Waals surface area contributed by atoms with Gasteiger partial charge in [0.05, 0.1) is 5.70 Å². The molecule has 3 heteroatoms. The Bertz CT molecular complexity index is 937. The lowest BCUT2D eigenvalue weighted by Crippen LogP contribution is -2.41. The summed E-state index contributed by atoms with van der Waals surface area (Å²) in [6.07, 6.45) is 11.6. The Balaban J connectivity index is 1.65. The van der Waals surface area contributed by atoms with Gasteiger partial charge in [0.15, 0.2) is 0 Å². The summed E-state index contributed by atoms with van der Waals surface area (Å²) in [7, 11) is 0. The van der Waals surface area contributed by atoms with E-state index in [2.05, 4.69) is 65.9 Å². The second-order valence-electron chi connectivity index (χ2n) is 7.71. The van der Waals surface area contributed by atoms with Gasteiger partial charge in [0.2, 0.25) is 0 Å². The highest BCUT2D eigenvalue weighted by atomic mass is 15.3. The fourth-order valence-electron chi connectivity index (χ4n) is 4.68. The van der Waals surface area contributed by atoms with Gasteiger partial charge in [-0.2, -0.15) is 0 Å². The van der Waals surface area contributed by atoms with Crippen LogP contribution in [0.1, 0.15) is 38.5 Å². The molecular formula is C24H25N3. The second-order valence-corrected chi connectivity index (χ2v) is 7.71. The van der Waals surface area contributed by atoms with Crippen molar-refractivity contribution in [2.75, 3.05) is 4.90 Å². The molecule has 2 aliphatic heterocycles. The molecule has 0 spiro atoms. The molecule has 27 heavy (non-hydrogen) atoms. The average Bonchev–Trinajstić information content (AvgIpc) is 3.23. The van der Waals surface area contributed by atoms with Gasteiger partial charge in [-0.3, -0.25) is 4.90 Å². The van der Waals surface area contributed by atoms with Gasteiger partial charge in [0, 0.05) is 28.4 Å². The molecule has 0 unspecified atom stereocenters. The van der Waals surface area contributed by atoms with Crippen LogP contribution in [0.4, 0.5) is 5.69 Å². The van der Waals surface area contributed by atoms with Crippen molar-refractivity contribution in [3.63, 3.8) is 0 Å². The maximum absolute atomic E-state index is 5.16. The molecule has 1 fully saturated rings. The molecule has 5 rings (SSSR count). The lowest BCUT2D eigenvalue weighted by Gasteiger charge is -2.40. The lowest BCUT2D eigenvalue weighted by molar-refractivity contribution is 0.705. The Hall–Kier alpha value is -2.81. The number of fused-ring (bicyclic) bond motifs is 1. The highest BCUT2D eigenvalue weighted by Gasteiger charge is 2.37. The van der Waals surface area contributed by atoms with Crippen molar-refractivity contribution in [3.05, 3.63) is 89.6 Å². The number of hydrogen-bond donors (Lipinski definition) is 1. The summed E-state index contributed by atoms with van der Waals surface area (Å²) >= 11 is 0. The number of benzene rings is 1. The van der Waals surface area contributed by atoms with Crippen LogP contribution < -0.4 is 10.2 Å². The maximum atomic E-state index is 5.16. The maximum Gasteiger partial charge on any atom is 0.142 e. The van der Waals surface area contributed by atoms with E-state index in [1.165, 1.54) is 31.3 Å². The number of hydrogen-bond acceptors (Lipinski definition) is 3. The topological polar surface area (TPSA) is 27.6 Å². The van der Waals surface area contributed by atoms with E-state index in [0.29, 0.717) is 5.92 Å². The third-order valence-corrected chi connectivity index (χ3v) is 6.02. The summed E-state index contributed by atoms with van der Waals surface area (Å²) < 4.78 is 0. The summed E-state index contributed by atoms with van der Waals surface area (Å²) in [6.45, 7) is 8.93. The Morgan fingerprint density at radius 2 is 1.74 bits per heavy atom. The number of rotatable bonds is 2. The summed E-state index contributed by atoms with van der Waals surface area (Å²) in [4.78, 5) is 7.42. The van der Waals surface area contributed by atoms with E-state index in [1.54, 1.807) is 0 Å². The molecule has 0 radical (unpaired) electrons. The molecule has 2 heterocycles. The van der Waals surface area contributed by atoms with Crippen LogP contribution in [0.2, 0.25) is 0 Å². The van der Waals surface area contributed by atoms with Gasteiger partial charge in [0.25, 0.3) is 0 Å². The molecule has 136 valence electrons. The number of amidine groups is 1. The summed E-state index contributed by atoms with van der Waals surface area (Å²) in [5, 5.41) is 3.58. The Kier molecular flexibility index (Phi) is 3.89. The molecule has 3 nitrogen and oxygen atoms in total. The van der Waals surface area contributed by atoms with Crippen molar-refractivity contribution in [1.29, 1.82) is 0 Å². The quantitative estimate of drug-likeness (QED) is 0.749. The third-order valence-electron chi connectivity index (χ3n) is 6.02. The number of anilines is 1. The molecule has 1 saturated carbocycles. The Labute approximate surface area is 161 Å². The standard InChI is InChI=1S/C24H25N3/c1-16-20-14-8-9-15-21(20)25-23-22(16)17(2)27(19-12-4-3-5-13-19)24(26-23)18-10-6-7-11-18/h3-5,12-15,18,25H,1-2,6-11H2. The van der Waals surface area contributed by atoms with Gasteiger partial charge >= 0.3 is 0 Å². The lowest BCUT2D eigenvalue weighted by atomic mass is 9.86. The van der Waals surface area contributed by atoms with Crippen LogP contribution in [0.3, 0.4) is 0 Å². The van der Waals surface area contributed by atoms with E-state index in [1.807, 2.05) is 0 Å². The molecule has 0 aromatic heterocycles. The highest BCUT2D eigenvalue weighted by Crippen LogP contribution is 2.43. The minimum Gasteiger partial charge on any atom is -0.339 e. The summed E-state index contributed by atoms with van der Waals surface area (Å²) in [6, 6.07) is 10.5. The first-order valence-electron chi connectivity index (χ1n) is 9.98. The predicted molar refractivity (Wildman–Crippen MR) is 112 cm³/mol. The first kappa shape index (κ1) is 16.4. The molecule has 0 saturated heterocycles. The number of allylic oxidation sites excluding steroid dienone is 4. The minimum atomic E-state index is 0.489. The monoisotopic (exact) mass is 355 g/mol. The van der Waals surface area contributed by atoms with E-state index in [9.17, 15) is 0 Å². The van der Waals surface area contributed by atoms with E-state index in [-0.39, 0.29) is 0 Å². The highest BCUT2D eigenvalue weighted by molar-refractivity contribution is 6.05. The number of nitrogens with zero attached hydrogens (tertiary/aromatic N) is 2. The van der Waals surface area contributed by atoms with Crippen molar-refractivity contribution in [2.45, 2.75) is 38.5 Å². The Morgan fingerprint density at radius 3 is 2.52 bits per heavy atom. The fraction of sp³-hybridized carbons (Fsp3) is 0.292. The third kappa shape index (κ3) is 2.61. The van der Waals surface area contributed by atoms with Crippen molar-refractivity contribution in [2.24, 2.45) is 10.9 Å². The smallest absolute Gasteiger partial charge is 0.142 e. The van der Waals surface area contributed by atoms with Gasteiger partial charge < -0.3 is 5.32 Å². The zero-order valence-electron chi connectivity index (χ0n) is 15.7. The van der Waals surface area contributed by atoms with Gasteiger partial charge in [-0.05, 0) is 43.4 Å². The van der Waals surface area contributed by atoms with Gasteiger partial charge in [-0.1, -0.05) is 56.4 Å². The van der Waals surface area contributed by atoms with Crippen LogP contribution in [0, 0.1) is 5.92 Å². The van der Waals surface area contributed by atoms with Crippen LogP contribution in [0.15, 0.2) is 94.6 Å². The molecule has 0 atom stereocenters. The summed E-state index contributed by atoms with van der Waals surface area (Å²) in [5.74, 6) is 2.54. The first-order chi connectivity index (χ1) is 13.2. The average molecular weight is 355 g/mol. The SMILES string of the molecule is C=C1C2=CCCC=C2NC2=C1C(=C)N(c1ccccc1)C(C1CCCC1)=N2. The molecule has 4 aliphatic rings. The van der Waals surface area contributed by atoms with Crippen LogP contribution in [-0.4, -0.2) is 5.84 Å². The van der Waals surface area contributed by atoms with E-state index in [0.717, 1.165) is 52.7 Å². The molecule has 0 bridgehead atoms. The molecule has 0 amide bonds. The minimum absolute atomic E-state index is 0.489. The molecular weight excluding hydrogens is 330 g/mol. The second kappa shape index (κ2) is 6.41. The zero-order chi connectivity index (χ0) is 18.4. The number of aliphatic imine (C=N–C) groups is 1. The molecule has 1 N–H and O–H groups in total. The number of para-hydroxylation sites is 1. The predicted octanol–water partition coefficient (Wildman–Crippen LogP) is 5.58. The van der Waals surface area contributed by atoms with Crippen LogP contribution >= 0.6 is 0 Å².